The number of halogens is 2. The summed E-state index contributed by atoms with van der Waals surface area (Å²) in [6.07, 6.45) is 5.12. The Labute approximate surface area is 139 Å². The number of piperidine rings is 1. The van der Waals surface area contributed by atoms with Gasteiger partial charge in [0.05, 0.1) is 11.4 Å². The number of nitrogen functional groups attached to an aromatic ring is 2. The maximum atomic E-state index is 14.1. The van der Waals surface area contributed by atoms with Gasteiger partial charge < -0.3 is 16.4 Å². The van der Waals surface area contributed by atoms with Gasteiger partial charge in [-0.3, -0.25) is 0 Å². The number of aromatic nitrogens is 2. The molecule has 3 rings (SSSR count). The summed E-state index contributed by atoms with van der Waals surface area (Å²) in [5, 5.41) is 0. The molecule has 2 aromatic rings. The standard InChI is InChI=1S/C17H21F2N5/c1-17(2)3-5-24(6-4-17)16-22-8-10(9-23-16)13-11(18)7-12(19)14(20)15(13)21/h7-9H,3-6,20-21H2,1-2H3. The summed E-state index contributed by atoms with van der Waals surface area (Å²) < 4.78 is 27.5. The third-order valence-electron chi connectivity index (χ3n) is 4.64. The van der Waals surface area contributed by atoms with Crippen LogP contribution in [0.2, 0.25) is 0 Å². The predicted octanol–water partition coefficient (Wildman–Crippen LogP) is 3.21. The van der Waals surface area contributed by atoms with Gasteiger partial charge >= 0.3 is 0 Å². The van der Waals surface area contributed by atoms with Gasteiger partial charge in [-0.05, 0) is 18.3 Å². The van der Waals surface area contributed by atoms with E-state index in [9.17, 15) is 8.78 Å². The lowest BCUT2D eigenvalue weighted by molar-refractivity contribution is 0.278. The Hall–Kier alpha value is -2.44. The molecule has 1 fully saturated rings. The summed E-state index contributed by atoms with van der Waals surface area (Å²) >= 11 is 0. The first-order valence-corrected chi connectivity index (χ1v) is 7.89. The molecule has 5 nitrogen and oxygen atoms in total. The number of nitrogens with two attached hydrogens (primary N) is 2. The minimum Gasteiger partial charge on any atom is -0.396 e. The molecule has 24 heavy (non-hydrogen) atoms. The van der Waals surface area contributed by atoms with Gasteiger partial charge in [0.2, 0.25) is 5.95 Å². The minimum absolute atomic E-state index is 0.0280. The van der Waals surface area contributed by atoms with Crippen LogP contribution < -0.4 is 16.4 Å². The Kier molecular flexibility index (Phi) is 4.03. The predicted molar refractivity (Wildman–Crippen MR) is 91.4 cm³/mol. The molecule has 0 radical (unpaired) electrons. The van der Waals surface area contributed by atoms with E-state index in [-0.39, 0.29) is 16.9 Å². The minimum atomic E-state index is -0.873. The molecule has 1 aromatic carbocycles. The lowest BCUT2D eigenvalue weighted by atomic mass is 9.83. The van der Waals surface area contributed by atoms with Crippen molar-refractivity contribution in [1.29, 1.82) is 0 Å². The van der Waals surface area contributed by atoms with Crippen molar-refractivity contribution in [2.75, 3.05) is 29.5 Å². The van der Waals surface area contributed by atoms with Gasteiger partial charge in [0.15, 0.2) is 5.82 Å². The van der Waals surface area contributed by atoms with Gasteiger partial charge in [0, 0.05) is 42.7 Å². The molecule has 7 heteroatoms. The van der Waals surface area contributed by atoms with Crippen molar-refractivity contribution in [1.82, 2.24) is 9.97 Å². The second kappa shape index (κ2) is 5.89. The Morgan fingerprint density at radius 1 is 1.00 bits per heavy atom. The number of nitrogens with zero attached hydrogens (tertiary/aromatic N) is 3. The van der Waals surface area contributed by atoms with E-state index in [4.69, 9.17) is 11.5 Å². The van der Waals surface area contributed by atoms with Crippen LogP contribution in [0, 0.1) is 17.0 Å². The number of hydrogen-bond acceptors (Lipinski definition) is 5. The fraction of sp³-hybridized carbons (Fsp3) is 0.412. The summed E-state index contributed by atoms with van der Waals surface area (Å²) in [6.45, 7) is 6.26. The highest BCUT2D eigenvalue weighted by Gasteiger charge is 2.26. The fourth-order valence-corrected chi connectivity index (χ4v) is 2.87. The average molecular weight is 333 g/mol. The Balaban J connectivity index is 1.87. The van der Waals surface area contributed by atoms with E-state index >= 15 is 0 Å². The Morgan fingerprint density at radius 2 is 1.58 bits per heavy atom. The maximum Gasteiger partial charge on any atom is 0.225 e. The lowest BCUT2D eigenvalue weighted by Crippen LogP contribution is -2.38. The number of hydrogen-bond donors (Lipinski definition) is 2. The van der Waals surface area contributed by atoms with E-state index in [1.807, 2.05) is 0 Å². The zero-order valence-electron chi connectivity index (χ0n) is 13.8. The van der Waals surface area contributed by atoms with Crippen LogP contribution in [0.15, 0.2) is 18.5 Å². The average Bonchev–Trinajstić information content (AvgIpc) is 2.54. The van der Waals surface area contributed by atoms with E-state index < -0.39 is 11.6 Å². The van der Waals surface area contributed by atoms with Crippen molar-refractivity contribution in [2.24, 2.45) is 5.41 Å². The molecule has 0 spiro atoms. The molecule has 0 saturated carbocycles. The van der Waals surface area contributed by atoms with Crippen LogP contribution in [-0.4, -0.2) is 23.1 Å². The molecule has 0 bridgehead atoms. The highest BCUT2D eigenvalue weighted by Crippen LogP contribution is 2.35. The zero-order chi connectivity index (χ0) is 17.5. The molecule has 128 valence electrons. The molecule has 1 aliphatic heterocycles. The number of anilines is 3. The van der Waals surface area contributed by atoms with E-state index in [0.717, 1.165) is 32.0 Å². The van der Waals surface area contributed by atoms with Crippen LogP contribution in [-0.2, 0) is 0 Å². The summed E-state index contributed by atoms with van der Waals surface area (Å²) in [6, 6.07) is 0.724. The quantitative estimate of drug-likeness (QED) is 0.825. The van der Waals surface area contributed by atoms with Gasteiger partial charge in [-0.1, -0.05) is 13.8 Å². The van der Waals surface area contributed by atoms with Crippen LogP contribution in [0.5, 0.6) is 0 Å². The molecule has 2 heterocycles. The third-order valence-corrected chi connectivity index (χ3v) is 4.64. The van der Waals surface area contributed by atoms with Crippen molar-refractivity contribution < 1.29 is 8.78 Å². The van der Waals surface area contributed by atoms with Crippen molar-refractivity contribution in [3.05, 3.63) is 30.1 Å². The second-order valence-electron chi connectivity index (χ2n) is 6.97. The molecule has 0 unspecified atom stereocenters. The van der Waals surface area contributed by atoms with Crippen molar-refractivity contribution in [2.45, 2.75) is 26.7 Å². The first-order valence-electron chi connectivity index (χ1n) is 7.89. The Morgan fingerprint density at radius 3 is 2.17 bits per heavy atom. The fourth-order valence-electron chi connectivity index (χ4n) is 2.87. The van der Waals surface area contributed by atoms with Gasteiger partial charge in [0.25, 0.3) is 0 Å². The molecular weight excluding hydrogens is 312 g/mol. The summed E-state index contributed by atoms with van der Waals surface area (Å²) in [7, 11) is 0. The SMILES string of the molecule is CC1(C)CCN(c2ncc(-c3c(F)cc(F)c(N)c3N)cn2)CC1. The van der Waals surface area contributed by atoms with Gasteiger partial charge in [-0.15, -0.1) is 0 Å². The highest BCUT2D eigenvalue weighted by atomic mass is 19.1. The molecular formula is C17H21F2N5. The van der Waals surface area contributed by atoms with Crippen LogP contribution in [0.4, 0.5) is 26.1 Å². The monoisotopic (exact) mass is 333 g/mol. The smallest absolute Gasteiger partial charge is 0.225 e. The van der Waals surface area contributed by atoms with E-state index in [1.165, 1.54) is 12.4 Å². The van der Waals surface area contributed by atoms with E-state index in [1.54, 1.807) is 0 Å². The Bertz CT molecular complexity index is 749. The van der Waals surface area contributed by atoms with Gasteiger partial charge in [0.1, 0.15) is 5.82 Å². The first-order chi connectivity index (χ1) is 11.3. The molecule has 1 aromatic heterocycles. The third kappa shape index (κ3) is 2.98. The normalized spacial score (nSPS) is 17.1. The van der Waals surface area contributed by atoms with E-state index in [2.05, 4.69) is 28.7 Å². The van der Waals surface area contributed by atoms with Crippen molar-refractivity contribution >= 4 is 17.3 Å². The molecule has 4 N–H and O–H groups in total. The summed E-state index contributed by atoms with van der Waals surface area (Å²) in [5.41, 5.74) is 11.6. The number of benzene rings is 1. The van der Waals surface area contributed by atoms with Crippen LogP contribution >= 0.6 is 0 Å². The molecule has 0 amide bonds. The highest BCUT2D eigenvalue weighted by molar-refractivity contribution is 5.84. The first kappa shape index (κ1) is 16.4. The van der Waals surface area contributed by atoms with Crippen LogP contribution in [0.3, 0.4) is 0 Å². The topological polar surface area (TPSA) is 81.1 Å². The molecule has 0 atom stereocenters. The van der Waals surface area contributed by atoms with Gasteiger partial charge in [-0.25, -0.2) is 18.7 Å². The molecule has 0 aliphatic carbocycles. The van der Waals surface area contributed by atoms with Crippen LogP contribution in [0.1, 0.15) is 26.7 Å². The summed E-state index contributed by atoms with van der Waals surface area (Å²) in [5.74, 6) is -1.05. The zero-order valence-corrected chi connectivity index (χ0v) is 13.8. The van der Waals surface area contributed by atoms with Crippen LogP contribution in [0.25, 0.3) is 11.1 Å². The lowest BCUT2D eigenvalue weighted by Gasteiger charge is -2.36. The maximum absolute atomic E-state index is 14.1. The second-order valence-corrected chi connectivity index (χ2v) is 6.97. The number of rotatable bonds is 2. The largest absolute Gasteiger partial charge is 0.396 e. The molecule has 1 saturated heterocycles. The van der Waals surface area contributed by atoms with Crippen molar-refractivity contribution in [3.8, 4) is 11.1 Å². The summed E-state index contributed by atoms with van der Waals surface area (Å²) in [4.78, 5) is 10.7. The van der Waals surface area contributed by atoms with Crippen molar-refractivity contribution in [3.63, 3.8) is 0 Å². The van der Waals surface area contributed by atoms with Gasteiger partial charge in [-0.2, -0.15) is 0 Å². The van der Waals surface area contributed by atoms with E-state index in [0.29, 0.717) is 16.9 Å². The molecule has 1 aliphatic rings.